The Labute approximate surface area is 184 Å². The minimum absolute atomic E-state index is 0.0593. The lowest BCUT2D eigenvalue weighted by Gasteiger charge is -2.11. The highest BCUT2D eigenvalue weighted by atomic mass is 32.1. The number of hydrogen-bond donors (Lipinski definition) is 3. The van der Waals surface area contributed by atoms with Crippen molar-refractivity contribution in [2.24, 2.45) is 5.92 Å². The van der Waals surface area contributed by atoms with Crippen LogP contribution in [0.15, 0.2) is 53.3 Å². The maximum absolute atomic E-state index is 12.7. The fourth-order valence-corrected chi connectivity index (χ4v) is 3.19. The van der Waals surface area contributed by atoms with Gasteiger partial charge in [0, 0.05) is 24.3 Å². The molecule has 2 aromatic carbocycles. The zero-order valence-electron chi connectivity index (χ0n) is 17.3. The van der Waals surface area contributed by atoms with Crippen LogP contribution < -0.4 is 16.2 Å². The monoisotopic (exact) mass is 440 g/mol. The average molecular weight is 441 g/mol. The van der Waals surface area contributed by atoms with E-state index in [1.54, 1.807) is 42.5 Å². The summed E-state index contributed by atoms with van der Waals surface area (Å²) in [7, 11) is 0. The molecule has 3 aromatic rings. The number of fused-ring (bicyclic) bond motifs is 1. The normalized spacial score (nSPS) is 10.8. The summed E-state index contributed by atoms with van der Waals surface area (Å²) in [6.45, 7) is 4.35. The van der Waals surface area contributed by atoms with E-state index >= 15 is 0 Å². The summed E-state index contributed by atoms with van der Waals surface area (Å²) in [6.07, 6.45) is -0.494. The van der Waals surface area contributed by atoms with Gasteiger partial charge in [-0.3, -0.25) is 19.5 Å². The number of amides is 2. The van der Waals surface area contributed by atoms with Crippen molar-refractivity contribution in [2.75, 3.05) is 17.2 Å². The predicted molar refractivity (Wildman–Crippen MR) is 123 cm³/mol. The first-order valence-corrected chi connectivity index (χ1v) is 10.3. The molecule has 3 N–H and O–H groups in total. The number of para-hydroxylation sites is 1. The van der Waals surface area contributed by atoms with Crippen LogP contribution in [0.3, 0.4) is 0 Å². The van der Waals surface area contributed by atoms with E-state index in [-0.39, 0.29) is 35.1 Å². The van der Waals surface area contributed by atoms with Gasteiger partial charge in [-0.05, 0) is 48.5 Å². The van der Waals surface area contributed by atoms with Crippen LogP contribution >= 0.6 is 12.2 Å². The number of H-pyrrole nitrogens is 1. The maximum atomic E-state index is 12.7. The number of anilines is 2. The van der Waals surface area contributed by atoms with Gasteiger partial charge in [-0.1, -0.05) is 32.0 Å². The van der Waals surface area contributed by atoms with Crippen molar-refractivity contribution >= 4 is 46.5 Å². The molecule has 9 heteroatoms. The van der Waals surface area contributed by atoms with E-state index < -0.39 is 6.09 Å². The second-order valence-corrected chi connectivity index (χ2v) is 7.82. The lowest BCUT2D eigenvalue weighted by molar-refractivity contribution is -0.116. The molecule has 1 heterocycles. The molecule has 31 heavy (non-hydrogen) atoms. The molecule has 0 aliphatic carbocycles. The van der Waals surface area contributed by atoms with Gasteiger partial charge in [0.25, 0.3) is 5.56 Å². The molecule has 0 radical (unpaired) electrons. The standard InChI is InChI=1S/C22H24N4O4S/c1-14(2)13-30-22(29)24-16-7-5-6-15(12-16)23-19(27)10-11-26-20(28)17-8-3-4-9-18(17)25-21(26)31/h3-9,12,14H,10-11,13H2,1-2H3,(H,23,27)(H,24,29)(H,25,31). The average Bonchev–Trinajstić information content (AvgIpc) is 2.72. The molecule has 0 unspecified atom stereocenters. The van der Waals surface area contributed by atoms with E-state index in [1.807, 2.05) is 19.9 Å². The number of aromatic amines is 1. The number of carbonyl (C=O) groups is 2. The van der Waals surface area contributed by atoms with Crippen molar-refractivity contribution in [3.05, 3.63) is 63.7 Å². The Balaban J connectivity index is 1.62. The summed E-state index contributed by atoms with van der Waals surface area (Å²) in [5, 5.41) is 5.90. The molecule has 8 nitrogen and oxygen atoms in total. The number of benzene rings is 2. The lowest BCUT2D eigenvalue weighted by Crippen LogP contribution is -2.25. The highest BCUT2D eigenvalue weighted by molar-refractivity contribution is 7.71. The Hall–Kier alpha value is -3.46. The van der Waals surface area contributed by atoms with Gasteiger partial charge in [-0.15, -0.1) is 0 Å². The highest BCUT2D eigenvalue weighted by Gasteiger charge is 2.09. The number of carbonyl (C=O) groups excluding carboxylic acids is 2. The summed E-state index contributed by atoms with van der Waals surface area (Å²) in [4.78, 5) is 39.9. The van der Waals surface area contributed by atoms with Crippen molar-refractivity contribution < 1.29 is 14.3 Å². The van der Waals surface area contributed by atoms with Crippen LogP contribution in [0.4, 0.5) is 16.2 Å². The molecule has 0 spiro atoms. The molecule has 0 aliphatic heterocycles. The Morgan fingerprint density at radius 1 is 1.10 bits per heavy atom. The molecule has 0 atom stereocenters. The van der Waals surface area contributed by atoms with Gasteiger partial charge in [0.15, 0.2) is 4.77 Å². The molecule has 2 amide bonds. The van der Waals surface area contributed by atoms with E-state index in [0.717, 1.165) is 0 Å². The molecule has 1 aromatic heterocycles. The molecule has 162 valence electrons. The first-order valence-electron chi connectivity index (χ1n) is 9.89. The summed E-state index contributed by atoms with van der Waals surface area (Å²) in [5.74, 6) is -0.0475. The van der Waals surface area contributed by atoms with E-state index in [4.69, 9.17) is 17.0 Å². The van der Waals surface area contributed by atoms with E-state index in [1.165, 1.54) is 4.57 Å². The van der Waals surface area contributed by atoms with Crippen LogP contribution in [0.25, 0.3) is 10.9 Å². The van der Waals surface area contributed by atoms with Gasteiger partial charge < -0.3 is 15.0 Å². The van der Waals surface area contributed by atoms with E-state index in [9.17, 15) is 14.4 Å². The van der Waals surface area contributed by atoms with Crippen molar-refractivity contribution in [3.63, 3.8) is 0 Å². The minimum Gasteiger partial charge on any atom is -0.449 e. The fourth-order valence-electron chi connectivity index (χ4n) is 2.91. The smallest absolute Gasteiger partial charge is 0.411 e. The third-order valence-electron chi connectivity index (χ3n) is 4.39. The first-order chi connectivity index (χ1) is 14.8. The van der Waals surface area contributed by atoms with E-state index in [0.29, 0.717) is 28.9 Å². The number of aromatic nitrogens is 2. The second-order valence-electron chi connectivity index (χ2n) is 7.43. The summed E-state index contributed by atoms with van der Waals surface area (Å²) < 4.78 is 6.73. The molecule has 0 saturated carbocycles. The Bertz CT molecular complexity index is 1220. The van der Waals surface area contributed by atoms with Crippen LogP contribution in [0.1, 0.15) is 20.3 Å². The van der Waals surface area contributed by atoms with Gasteiger partial charge in [-0.2, -0.15) is 0 Å². The Morgan fingerprint density at radius 3 is 2.55 bits per heavy atom. The zero-order valence-corrected chi connectivity index (χ0v) is 18.1. The van der Waals surface area contributed by atoms with Gasteiger partial charge in [0.2, 0.25) is 5.91 Å². The summed E-state index contributed by atoms with van der Waals surface area (Å²) in [5.41, 5.74) is 1.44. The van der Waals surface area contributed by atoms with Crippen LogP contribution in [0.2, 0.25) is 0 Å². The van der Waals surface area contributed by atoms with Crippen molar-refractivity contribution in [3.8, 4) is 0 Å². The SMILES string of the molecule is CC(C)COC(=O)Nc1cccc(NC(=O)CCn2c(=S)[nH]c3ccccc3c2=O)c1. The zero-order chi connectivity index (χ0) is 22.4. The first kappa shape index (κ1) is 22.2. The van der Waals surface area contributed by atoms with Crippen LogP contribution in [0.5, 0.6) is 0 Å². The van der Waals surface area contributed by atoms with Gasteiger partial charge in [0.05, 0.1) is 17.5 Å². The highest BCUT2D eigenvalue weighted by Crippen LogP contribution is 2.16. The number of rotatable bonds is 7. The second kappa shape index (κ2) is 10.0. The predicted octanol–water partition coefficient (Wildman–Crippen LogP) is 4.29. The van der Waals surface area contributed by atoms with Crippen molar-refractivity contribution in [1.29, 1.82) is 0 Å². The van der Waals surface area contributed by atoms with Gasteiger partial charge in [-0.25, -0.2) is 4.79 Å². The topological polar surface area (TPSA) is 105 Å². The molecule has 0 fully saturated rings. The quantitative estimate of drug-likeness (QED) is 0.475. The third-order valence-corrected chi connectivity index (χ3v) is 4.71. The lowest BCUT2D eigenvalue weighted by atomic mass is 10.2. The third kappa shape index (κ3) is 6.02. The minimum atomic E-state index is -0.554. The number of nitrogens with zero attached hydrogens (tertiary/aromatic N) is 1. The number of hydrogen-bond acceptors (Lipinski definition) is 5. The molecule has 0 saturated heterocycles. The largest absolute Gasteiger partial charge is 0.449 e. The Morgan fingerprint density at radius 2 is 1.81 bits per heavy atom. The fraction of sp³-hybridized carbons (Fsp3) is 0.273. The Kier molecular flexibility index (Phi) is 7.19. The molecule has 0 aliphatic rings. The van der Waals surface area contributed by atoms with E-state index in [2.05, 4.69) is 15.6 Å². The molecular formula is C22H24N4O4S. The molecule has 0 bridgehead atoms. The maximum Gasteiger partial charge on any atom is 0.411 e. The summed E-state index contributed by atoms with van der Waals surface area (Å²) in [6, 6.07) is 13.8. The molecular weight excluding hydrogens is 416 g/mol. The van der Waals surface area contributed by atoms with Crippen molar-refractivity contribution in [1.82, 2.24) is 9.55 Å². The van der Waals surface area contributed by atoms with Gasteiger partial charge in [0.1, 0.15) is 0 Å². The number of ether oxygens (including phenoxy) is 1. The van der Waals surface area contributed by atoms with Crippen LogP contribution in [0, 0.1) is 10.7 Å². The van der Waals surface area contributed by atoms with Crippen LogP contribution in [-0.4, -0.2) is 28.2 Å². The summed E-state index contributed by atoms with van der Waals surface area (Å²) >= 11 is 5.27. The molecule has 3 rings (SSSR count). The van der Waals surface area contributed by atoms with Crippen LogP contribution in [-0.2, 0) is 16.1 Å². The van der Waals surface area contributed by atoms with Gasteiger partial charge >= 0.3 is 6.09 Å². The van der Waals surface area contributed by atoms with Crippen molar-refractivity contribution in [2.45, 2.75) is 26.8 Å². The number of nitrogens with one attached hydrogen (secondary N) is 3.